The molecule has 0 radical (unpaired) electrons. The number of halogens is 1. The minimum Gasteiger partial charge on any atom is -0.383 e. The van der Waals surface area contributed by atoms with Crippen molar-refractivity contribution in [2.45, 2.75) is 19.4 Å². The van der Waals surface area contributed by atoms with E-state index in [4.69, 9.17) is 4.74 Å². The number of nitrogens with zero attached hydrogens (tertiary/aromatic N) is 1. The summed E-state index contributed by atoms with van der Waals surface area (Å²) in [7, 11) is 1.63. The van der Waals surface area contributed by atoms with Crippen molar-refractivity contribution in [3.63, 3.8) is 0 Å². The van der Waals surface area contributed by atoms with Gasteiger partial charge in [0.25, 0.3) is 5.69 Å². The Bertz CT molecular complexity index is 398. The Morgan fingerprint density at radius 3 is 2.82 bits per heavy atom. The summed E-state index contributed by atoms with van der Waals surface area (Å²) >= 11 is 3.15. The van der Waals surface area contributed by atoms with Crippen LogP contribution in [0.3, 0.4) is 0 Å². The van der Waals surface area contributed by atoms with E-state index < -0.39 is 4.92 Å². The SMILES string of the molecule is CCC(COC)Nc1ccc(Br)c([N+](=O)[O-])c1. The largest absolute Gasteiger partial charge is 0.383 e. The molecule has 1 unspecified atom stereocenters. The molecule has 1 aromatic rings. The first-order valence-corrected chi connectivity index (χ1v) is 6.07. The molecular formula is C11H15BrN2O3. The van der Waals surface area contributed by atoms with Crippen LogP contribution in [-0.4, -0.2) is 24.7 Å². The number of nitro benzene ring substituents is 1. The Kier molecular flexibility index (Phi) is 5.37. The average Bonchev–Trinajstić information content (AvgIpc) is 2.30. The van der Waals surface area contributed by atoms with E-state index in [1.807, 2.05) is 6.92 Å². The van der Waals surface area contributed by atoms with E-state index in [2.05, 4.69) is 21.2 Å². The summed E-state index contributed by atoms with van der Waals surface area (Å²) in [5.74, 6) is 0. The van der Waals surface area contributed by atoms with Gasteiger partial charge < -0.3 is 10.1 Å². The van der Waals surface area contributed by atoms with Crippen LogP contribution in [0.2, 0.25) is 0 Å². The van der Waals surface area contributed by atoms with Crippen molar-refractivity contribution in [3.8, 4) is 0 Å². The Labute approximate surface area is 108 Å². The van der Waals surface area contributed by atoms with Gasteiger partial charge in [-0.1, -0.05) is 6.92 Å². The van der Waals surface area contributed by atoms with Crippen molar-refractivity contribution in [1.29, 1.82) is 0 Å². The monoisotopic (exact) mass is 302 g/mol. The highest BCUT2D eigenvalue weighted by molar-refractivity contribution is 9.10. The number of methoxy groups -OCH3 is 1. The van der Waals surface area contributed by atoms with Crippen LogP contribution in [-0.2, 0) is 4.74 Å². The zero-order valence-corrected chi connectivity index (χ0v) is 11.4. The molecule has 0 aliphatic rings. The van der Waals surface area contributed by atoms with Gasteiger partial charge in [-0.15, -0.1) is 0 Å². The Morgan fingerprint density at radius 2 is 2.29 bits per heavy atom. The molecule has 0 bridgehead atoms. The maximum atomic E-state index is 10.8. The summed E-state index contributed by atoms with van der Waals surface area (Å²) in [5.41, 5.74) is 0.783. The molecule has 5 nitrogen and oxygen atoms in total. The van der Waals surface area contributed by atoms with Gasteiger partial charge in [0.05, 0.1) is 16.0 Å². The third-order valence-corrected chi connectivity index (χ3v) is 3.04. The first-order valence-electron chi connectivity index (χ1n) is 5.27. The topological polar surface area (TPSA) is 64.4 Å². The van der Waals surface area contributed by atoms with E-state index in [-0.39, 0.29) is 11.7 Å². The molecule has 0 aliphatic heterocycles. The van der Waals surface area contributed by atoms with E-state index >= 15 is 0 Å². The van der Waals surface area contributed by atoms with Gasteiger partial charge in [-0.3, -0.25) is 10.1 Å². The van der Waals surface area contributed by atoms with E-state index in [0.717, 1.165) is 12.1 Å². The predicted molar refractivity (Wildman–Crippen MR) is 70.4 cm³/mol. The predicted octanol–water partition coefficient (Wildman–Crippen LogP) is 3.19. The number of rotatable bonds is 6. The minimum atomic E-state index is -0.410. The molecule has 0 aliphatic carbocycles. The fraction of sp³-hybridized carbons (Fsp3) is 0.455. The highest BCUT2D eigenvalue weighted by Crippen LogP contribution is 2.28. The van der Waals surface area contributed by atoms with Gasteiger partial charge in [0.2, 0.25) is 0 Å². The van der Waals surface area contributed by atoms with Gasteiger partial charge in [-0.05, 0) is 34.5 Å². The molecule has 1 rings (SSSR count). The molecule has 94 valence electrons. The number of hydrogen-bond acceptors (Lipinski definition) is 4. The maximum Gasteiger partial charge on any atom is 0.285 e. The number of benzene rings is 1. The Hall–Kier alpha value is -1.14. The zero-order valence-electron chi connectivity index (χ0n) is 9.77. The van der Waals surface area contributed by atoms with Crippen molar-refractivity contribution in [1.82, 2.24) is 0 Å². The van der Waals surface area contributed by atoms with E-state index in [1.165, 1.54) is 6.07 Å². The summed E-state index contributed by atoms with van der Waals surface area (Å²) in [4.78, 5) is 10.4. The van der Waals surface area contributed by atoms with Gasteiger partial charge in [-0.2, -0.15) is 0 Å². The molecule has 0 saturated carbocycles. The number of hydrogen-bond donors (Lipinski definition) is 1. The quantitative estimate of drug-likeness (QED) is 0.647. The van der Waals surface area contributed by atoms with Crippen LogP contribution in [0.25, 0.3) is 0 Å². The fourth-order valence-corrected chi connectivity index (χ4v) is 1.83. The smallest absolute Gasteiger partial charge is 0.285 e. The first-order chi connectivity index (χ1) is 8.08. The standard InChI is InChI=1S/C11H15BrN2O3/c1-3-8(7-17-2)13-9-4-5-10(12)11(6-9)14(15)16/h4-6,8,13H,3,7H2,1-2H3. The molecular weight excluding hydrogens is 288 g/mol. The van der Waals surface area contributed by atoms with Crippen LogP contribution in [0.5, 0.6) is 0 Å². The van der Waals surface area contributed by atoms with Crippen LogP contribution in [0.15, 0.2) is 22.7 Å². The van der Waals surface area contributed by atoms with Crippen molar-refractivity contribution < 1.29 is 9.66 Å². The van der Waals surface area contributed by atoms with E-state index in [9.17, 15) is 10.1 Å². The number of ether oxygens (including phenoxy) is 1. The zero-order chi connectivity index (χ0) is 12.8. The Balaban J connectivity index is 2.84. The molecule has 6 heteroatoms. The maximum absolute atomic E-state index is 10.8. The molecule has 0 aromatic heterocycles. The summed E-state index contributed by atoms with van der Waals surface area (Å²) in [6, 6.07) is 5.14. The third kappa shape index (κ3) is 3.98. The molecule has 17 heavy (non-hydrogen) atoms. The van der Waals surface area contributed by atoms with Crippen LogP contribution in [0.1, 0.15) is 13.3 Å². The molecule has 0 fully saturated rings. The first kappa shape index (κ1) is 13.9. The minimum absolute atomic E-state index is 0.0577. The van der Waals surface area contributed by atoms with Gasteiger partial charge in [0.15, 0.2) is 0 Å². The van der Waals surface area contributed by atoms with Crippen molar-refractivity contribution in [2.24, 2.45) is 0 Å². The number of nitrogens with one attached hydrogen (secondary N) is 1. The molecule has 0 spiro atoms. The van der Waals surface area contributed by atoms with Crippen molar-refractivity contribution >= 4 is 27.3 Å². The second kappa shape index (κ2) is 6.56. The molecule has 0 amide bonds. The second-order valence-electron chi connectivity index (χ2n) is 3.63. The van der Waals surface area contributed by atoms with Crippen molar-refractivity contribution in [3.05, 3.63) is 32.8 Å². The van der Waals surface area contributed by atoms with Crippen LogP contribution < -0.4 is 5.32 Å². The van der Waals surface area contributed by atoms with Gasteiger partial charge in [0, 0.05) is 24.9 Å². The molecule has 1 aromatic carbocycles. The van der Waals surface area contributed by atoms with Crippen LogP contribution in [0, 0.1) is 10.1 Å². The third-order valence-electron chi connectivity index (χ3n) is 2.37. The highest BCUT2D eigenvalue weighted by Gasteiger charge is 2.13. The normalized spacial score (nSPS) is 12.2. The van der Waals surface area contributed by atoms with Crippen molar-refractivity contribution in [2.75, 3.05) is 19.0 Å². The van der Waals surface area contributed by atoms with E-state index in [0.29, 0.717) is 11.1 Å². The summed E-state index contributed by atoms with van der Waals surface area (Å²) < 4.78 is 5.54. The van der Waals surface area contributed by atoms with Gasteiger partial charge in [0.1, 0.15) is 0 Å². The van der Waals surface area contributed by atoms with Crippen LogP contribution >= 0.6 is 15.9 Å². The second-order valence-corrected chi connectivity index (χ2v) is 4.48. The summed E-state index contributed by atoms with van der Waals surface area (Å²) in [6.07, 6.45) is 0.887. The van der Waals surface area contributed by atoms with Gasteiger partial charge >= 0.3 is 0 Å². The summed E-state index contributed by atoms with van der Waals surface area (Å²) in [6.45, 7) is 2.60. The summed E-state index contributed by atoms with van der Waals surface area (Å²) in [5, 5.41) is 14.0. The van der Waals surface area contributed by atoms with E-state index in [1.54, 1.807) is 19.2 Å². The lowest BCUT2D eigenvalue weighted by molar-refractivity contribution is -0.385. The average molecular weight is 303 g/mol. The lowest BCUT2D eigenvalue weighted by Gasteiger charge is -2.17. The Morgan fingerprint density at radius 1 is 1.59 bits per heavy atom. The molecule has 1 N–H and O–H groups in total. The molecule has 0 saturated heterocycles. The van der Waals surface area contributed by atoms with Crippen LogP contribution in [0.4, 0.5) is 11.4 Å². The lowest BCUT2D eigenvalue weighted by Crippen LogP contribution is -2.23. The number of anilines is 1. The highest BCUT2D eigenvalue weighted by atomic mass is 79.9. The fourth-order valence-electron chi connectivity index (χ4n) is 1.44. The van der Waals surface area contributed by atoms with Gasteiger partial charge in [-0.25, -0.2) is 0 Å². The lowest BCUT2D eigenvalue weighted by atomic mass is 10.2. The molecule has 0 heterocycles. The number of nitro groups is 1. The molecule has 1 atom stereocenters.